The van der Waals surface area contributed by atoms with Crippen molar-refractivity contribution in [2.75, 3.05) is 19.9 Å². The fraction of sp³-hybridized carbons (Fsp3) is 0.250. The number of carbonyl (C=O) groups is 1. The molecule has 0 fully saturated rings. The van der Waals surface area contributed by atoms with Crippen molar-refractivity contribution in [3.05, 3.63) is 64.3 Å². The normalized spacial score (nSPS) is 10.8. The van der Waals surface area contributed by atoms with E-state index in [1.165, 1.54) is 23.1 Å². The van der Waals surface area contributed by atoms with Crippen molar-refractivity contribution in [1.29, 1.82) is 0 Å². The minimum Gasteiger partial charge on any atom is -0.497 e. The molecule has 1 aromatic carbocycles. The number of benzene rings is 1. The molecular weight excluding hydrogens is 394 g/mol. The van der Waals surface area contributed by atoms with E-state index in [-0.39, 0.29) is 17.2 Å². The summed E-state index contributed by atoms with van der Waals surface area (Å²) in [7, 11) is 3.37. The Morgan fingerprint density at radius 2 is 2.25 bits per heavy atom. The number of thioether (sulfide) groups is 1. The summed E-state index contributed by atoms with van der Waals surface area (Å²) in [4.78, 5) is 32.1. The lowest BCUT2D eigenvalue weighted by Gasteiger charge is -2.18. The molecule has 2 aromatic heterocycles. The first-order chi connectivity index (χ1) is 13.5. The highest BCUT2D eigenvalue weighted by Crippen LogP contribution is 2.22. The standard InChI is InChI=1S/C20H21N3O3S2/c1-4-9-23-19(25)16-8-10-27-18(16)21-20(23)28-13-17(24)22(2)12-14-6-5-7-15(11-14)26-3/h4-8,10-11H,1,9,12-13H2,2-3H3. The van der Waals surface area contributed by atoms with Gasteiger partial charge in [0.15, 0.2) is 5.16 Å². The van der Waals surface area contributed by atoms with Gasteiger partial charge in [0.25, 0.3) is 5.56 Å². The Kier molecular flexibility index (Phi) is 6.53. The maximum atomic E-state index is 12.6. The lowest BCUT2D eigenvalue weighted by molar-refractivity contribution is -0.127. The number of fused-ring (bicyclic) bond motifs is 1. The third-order valence-electron chi connectivity index (χ3n) is 4.16. The van der Waals surface area contributed by atoms with Crippen LogP contribution in [0.3, 0.4) is 0 Å². The van der Waals surface area contributed by atoms with Gasteiger partial charge in [-0.1, -0.05) is 30.0 Å². The predicted octanol–water partition coefficient (Wildman–Crippen LogP) is 3.40. The van der Waals surface area contributed by atoms with E-state index >= 15 is 0 Å². The SMILES string of the molecule is C=CCn1c(SCC(=O)N(C)Cc2cccc(OC)c2)nc2sccc2c1=O. The molecule has 0 saturated carbocycles. The first kappa shape index (κ1) is 20.2. The zero-order valence-electron chi connectivity index (χ0n) is 15.8. The number of amides is 1. The quantitative estimate of drug-likeness (QED) is 0.321. The van der Waals surface area contributed by atoms with Crippen LogP contribution >= 0.6 is 23.1 Å². The van der Waals surface area contributed by atoms with E-state index in [1.807, 2.05) is 29.6 Å². The number of aromatic nitrogens is 2. The summed E-state index contributed by atoms with van der Waals surface area (Å²) in [6.45, 7) is 4.55. The van der Waals surface area contributed by atoms with Crippen molar-refractivity contribution in [3.8, 4) is 5.75 Å². The van der Waals surface area contributed by atoms with E-state index in [0.717, 1.165) is 11.3 Å². The van der Waals surface area contributed by atoms with Crippen molar-refractivity contribution < 1.29 is 9.53 Å². The summed E-state index contributed by atoms with van der Waals surface area (Å²) in [6.07, 6.45) is 1.65. The molecule has 0 atom stereocenters. The van der Waals surface area contributed by atoms with Crippen molar-refractivity contribution in [2.45, 2.75) is 18.2 Å². The maximum Gasteiger partial charge on any atom is 0.263 e. The lowest BCUT2D eigenvalue weighted by Crippen LogP contribution is -2.28. The molecule has 0 aliphatic rings. The molecule has 6 nitrogen and oxygen atoms in total. The summed E-state index contributed by atoms with van der Waals surface area (Å²) in [5, 5.41) is 2.97. The van der Waals surface area contributed by atoms with Crippen molar-refractivity contribution >= 4 is 39.2 Å². The van der Waals surface area contributed by atoms with Crippen LogP contribution in [0.5, 0.6) is 5.75 Å². The van der Waals surface area contributed by atoms with E-state index < -0.39 is 0 Å². The van der Waals surface area contributed by atoms with Gasteiger partial charge in [0.1, 0.15) is 10.6 Å². The molecule has 0 aliphatic heterocycles. The average Bonchev–Trinajstić information content (AvgIpc) is 3.17. The summed E-state index contributed by atoms with van der Waals surface area (Å²) >= 11 is 2.69. The van der Waals surface area contributed by atoms with Crippen LogP contribution in [0.2, 0.25) is 0 Å². The predicted molar refractivity (Wildman–Crippen MR) is 114 cm³/mol. The van der Waals surface area contributed by atoms with Crippen LogP contribution in [0.1, 0.15) is 5.56 Å². The Labute approximate surface area is 171 Å². The van der Waals surface area contributed by atoms with Crippen LogP contribution in [0.4, 0.5) is 0 Å². The molecule has 28 heavy (non-hydrogen) atoms. The lowest BCUT2D eigenvalue weighted by atomic mass is 10.2. The molecular formula is C20H21N3O3S2. The van der Waals surface area contributed by atoms with Crippen LogP contribution in [0.15, 0.2) is 58.3 Å². The second-order valence-corrected chi connectivity index (χ2v) is 7.97. The zero-order chi connectivity index (χ0) is 20.1. The molecule has 0 aliphatic carbocycles. The highest BCUT2D eigenvalue weighted by atomic mass is 32.2. The Morgan fingerprint density at radius 3 is 3.00 bits per heavy atom. The fourth-order valence-corrected chi connectivity index (χ4v) is 4.45. The number of methoxy groups -OCH3 is 1. The van der Waals surface area contributed by atoms with E-state index in [2.05, 4.69) is 11.6 Å². The van der Waals surface area contributed by atoms with E-state index in [9.17, 15) is 9.59 Å². The first-order valence-corrected chi connectivity index (χ1v) is 10.5. The Morgan fingerprint density at radius 1 is 1.43 bits per heavy atom. The first-order valence-electron chi connectivity index (χ1n) is 8.62. The largest absolute Gasteiger partial charge is 0.497 e. The van der Waals surface area contributed by atoms with Crippen LogP contribution in [-0.2, 0) is 17.9 Å². The smallest absolute Gasteiger partial charge is 0.263 e. The summed E-state index contributed by atoms with van der Waals surface area (Å²) in [5.74, 6) is 0.911. The highest BCUT2D eigenvalue weighted by Gasteiger charge is 2.15. The van der Waals surface area contributed by atoms with E-state index in [1.54, 1.807) is 35.8 Å². The Bertz CT molecular complexity index is 1060. The van der Waals surface area contributed by atoms with E-state index in [4.69, 9.17) is 4.74 Å². The molecule has 146 valence electrons. The highest BCUT2D eigenvalue weighted by molar-refractivity contribution is 7.99. The molecule has 0 N–H and O–H groups in total. The van der Waals surface area contributed by atoms with Gasteiger partial charge in [-0.25, -0.2) is 4.98 Å². The molecule has 3 rings (SSSR count). The van der Waals surface area contributed by atoms with Gasteiger partial charge in [-0.15, -0.1) is 17.9 Å². The van der Waals surface area contributed by atoms with Gasteiger partial charge >= 0.3 is 0 Å². The van der Waals surface area contributed by atoms with Crippen LogP contribution < -0.4 is 10.3 Å². The van der Waals surface area contributed by atoms with Crippen molar-refractivity contribution in [2.24, 2.45) is 0 Å². The van der Waals surface area contributed by atoms with Gasteiger partial charge in [-0.05, 0) is 29.1 Å². The van der Waals surface area contributed by atoms with Crippen LogP contribution in [-0.4, -0.2) is 40.3 Å². The number of carbonyl (C=O) groups excluding carboxylic acids is 1. The minimum absolute atomic E-state index is 0.0431. The fourth-order valence-electron chi connectivity index (χ4n) is 2.70. The summed E-state index contributed by atoms with van der Waals surface area (Å²) in [6, 6.07) is 9.40. The van der Waals surface area contributed by atoms with E-state index in [0.29, 0.717) is 28.5 Å². The number of rotatable bonds is 8. The Hall–Kier alpha value is -2.58. The van der Waals surface area contributed by atoms with Gasteiger partial charge in [-0.2, -0.15) is 0 Å². The van der Waals surface area contributed by atoms with Crippen molar-refractivity contribution in [3.63, 3.8) is 0 Å². The third-order valence-corrected chi connectivity index (χ3v) is 5.93. The number of hydrogen-bond acceptors (Lipinski definition) is 6. The second-order valence-electron chi connectivity index (χ2n) is 6.13. The molecule has 2 heterocycles. The molecule has 8 heteroatoms. The molecule has 0 radical (unpaired) electrons. The number of ether oxygens (including phenoxy) is 1. The molecule has 0 spiro atoms. The van der Waals surface area contributed by atoms with Crippen molar-refractivity contribution in [1.82, 2.24) is 14.5 Å². The third kappa shape index (κ3) is 4.45. The second kappa shape index (κ2) is 9.07. The monoisotopic (exact) mass is 415 g/mol. The summed E-state index contributed by atoms with van der Waals surface area (Å²) in [5.41, 5.74) is 0.882. The van der Waals surface area contributed by atoms with Gasteiger partial charge in [0.2, 0.25) is 5.91 Å². The zero-order valence-corrected chi connectivity index (χ0v) is 17.4. The molecule has 0 saturated heterocycles. The Balaban J connectivity index is 1.72. The molecule has 0 unspecified atom stereocenters. The number of thiophene rings is 1. The van der Waals surface area contributed by atoms with Gasteiger partial charge < -0.3 is 9.64 Å². The number of nitrogens with zero attached hydrogens (tertiary/aromatic N) is 3. The number of hydrogen-bond donors (Lipinski definition) is 0. The van der Waals surface area contributed by atoms with Crippen LogP contribution in [0, 0.1) is 0 Å². The molecule has 1 amide bonds. The van der Waals surface area contributed by atoms with Crippen LogP contribution in [0.25, 0.3) is 10.2 Å². The molecule has 0 bridgehead atoms. The summed E-state index contributed by atoms with van der Waals surface area (Å²) < 4.78 is 6.78. The van der Waals surface area contributed by atoms with Gasteiger partial charge in [0.05, 0.1) is 18.2 Å². The molecule has 3 aromatic rings. The van der Waals surface area contributed by atoms with Gasteiger partial charge in [-0.3, -0.25) is 14.2 Å². The maximum absolute atomic E-state index is 12.6. The number of allylic oxidation sites excluding steroid dienone is 1. The average molecular weight is 416 g/mol. The topological polar surface area (TPSA) is 64.4 Å². The minimum atomic E-state index is -0.106. The van der Waals surface area contributed by atoms with Gasteiger partial charge in [0, 0.05) is 20.1 Å².